The molecule has 0 saturated carbocycles. The molecule has 106 valence electrons. The number of aromatic nitrogens is 1. The Labute approximate surface area is 117 Å². The van der Waals surface area contributed by atoms with E-state index in [1.54, 1.807) is 30.5 Å². The topological polar surface area (TPSA) is 71.8 Å². The van der Waals surface area contributed by atoms with Crippen LogP contribution in [0.4, 0.5) is 0 Å². The van der Waals surface area contributed by atoms with Gasteiger partial charge in [-0.25, -0.2) is 0 Å². The van der Waals surface area contributed by atoms with Crippen LogP contribution in [0.5, 0.6) is 17.2 Å². The number of rotatable bonds is 5. The number of ether oxygens (including phenoxy) is 2. The molecular formula is C15H17NO4. The first kappa shape index (κ1) is 14.3. The molecule has 0 radical (unpaired) electrons. The van der Waals surface area contributed by atoms with Crippen LogP contribution in [0.2, 0.25) is 0 Å². The smallest absolute Gasteiger partial charge is 0.169 e. The average molecular weight is 275 g/mol. The maximum absolute atomic E-state index is 9.31. The fourth-order valence-corrected chi connectivity index (χ4v) is 1.79. The molecule has 1 aromatic heterocycles. The molecule has 1 heterocycles. The third-order valence-electron chi connectivity index (χ3n) is 2.88. The summed E-state index contributed by atoms with van der Waals surface area (Å²) in [7, 11) is 1.54. The Hall–Kier alpha value is -2.11. The molecule has 2 N–H and O–H groups in total. The van der Waals surface area contributed by atoms with Gasteiger partial charge in [0, 0.05) is 23.5 Å². The lowest BCUT2D eigenvalue weighted by Gasteiger charge is -2.13. The van der Waals surface area contributed by atoms with Gasteiger partial charge in [-0.3, -0.25) is 4.98 Å². The molecule has 0 fully saturated rings. The summed E-state index contributed by atoms with van der Waals surface area (Å²) >= 11 is 0. The van der Waals surface area contributed by atoms with Crippen LogP contribution >= 0.6 is 0 Å². The Morgan fingerprint density at radius 3 is 2.50 bits per heavy atom. The Morgan fingerprint density at radius 2 is 1.85 bits per heavy atom. The first-order valence-corrected chi connectivity index (χ1v) is 6.20. The Bertz CT molecular complexity index is 598. The van der Waals surface area contributed by atoms with Crippen molar-refractivity contribution in [3.05, 3.63) is 47.3 Å². The highest BCUT2D eigenvalue weighted by atomic mass is 16.5. The van der Waals surface area contributed by atoms with Crippen molar-refractivity contribution in [2.45, 2.75) is 20.1 Å². The van der Waals surface area contributed by atoms with Gasteiger partial charge in [-0.05, 0) is 24.6 Å². The number of hydrogen-bond acceptors (Lipinski definition) is 5. The maximum atomic E-state index is 9.31. The van der Waals surface area contributed by atoms with Crippen molar-refractivity contribution in [3.8, 4) is 17.2 Å². The largest absolute Gasteiger partial charge is 0.493 e. The fraction of sp³-hybridized carbons (Fsp3) is 0.267. The van der Waals surface area contributed by atoms with Gasteiger partial charge in [0.2, 0.25) is 0 Å². The van der Waals surface area contributed by atoms with E-state index in [0.29, 0.717) is 22.8 Å². The van der Waals surface area contributed by atoms with Gasteiger partial charge in [0.15, 0.2) is 11.5 Å². The lowest BCUT2D eigenvalue weighted by molar-refractivity contribution is 0.274. The van der Waals surface area contributed by atoms with E-state index in [1.807, 2.05) is 6.92 Å². The molecule has 0 amide bonds. The van der Waals surface area contributed by atoms with Gasteiger partial charge in [0.25, 0.3) is 0 Å². The van der Waals surface area contributed by atoms with Gasteiger partial charge in [0.05, 0.1) is 20.3 Å². The molecule has 0 spiro atoms. The molecule has 0 bridgehead atoms. The van der Waals surface area contributed by atoms with Gasteiger partial charge < -0.3 is 19.7 Å². The molecule has 5 heteroatoms. The van der Waals surface area contributed by atoms with Crippen molar-refractivity contribution < 1.29 is 19.7 Å². The van der Waals surface area contributed by atoms with Gasteiger partial charge in [-0.15, -0.1) is 0 Å². The zero-order valence-corrected chi connectivity index (χ0v) is 11.5. The van der Waals surface area contributed by atoms with Crippen LogP contribution in [0, 0.1) is 6.92 Å². The van der Waals surface area contributed by atoms with E-state index in [9.17, 15) is 5.11 Å². The van der Waals surface area contributed by atoms with Gasteiger partial charge >= 0.3 is 0 Å². The normalized spacial score (nSPS) is 10.4. The minimum atomic E-state index is -0.153. The third-order valence-corrected chi connectivity index (χ3v) is 2.88. The zero-order chi connectivity index (χ0) is 14.5. The van der Waals surface area contributed by atoms with Crippen molar-refractivity contribution in [2.75, 3.05) is 7.11 Å². The first-order chi connectivity index (χ1) is 9.67. The molecule has 1 aromatic carbocycles. The van der Waals surface area contributed by atoms with Gasteiger partial charge in [-0.1, -0.05) is 6.07 Å². The summed E-state index contributed by atoms with van der Waals surface area (Å²) in [5, 5.41) is 18.4. The Kier molecular flexibility index (Phi) is 4.55. The summed E-state index contributed by atoms with van der Waals surface area (Å²) in [4.78, 5) is 4.12. The summed E-state index contributed by atoms with van der Waals surface area (Å²) in [5.41, 5.74) is 2.13. The van der Waals surface area contributed by atoms with Crippen molar-refractivity contribution in [1.82, 2.24) is 4.98 Å². The van der Waals surface area contributed by atoms with Crippen molar-refractivity contribution >= 4 is 0 Å². The highest BCUT2D eigenvalue weighted by Crippen LogP contribution is 2.34. The van der Waals surface area contributed by atoms with Crippen molar-refractivity contribution in [2.24, 2.45) is 0 Å². The number of benzene rings is 1. The van der Waals surface area contributed by atoms with E-state index in [2.05, 4.69) is 4.98 Å². The van der Waals surface area contributed by atoms with E-state index in [4.69, 9.17) is 14.6 Å². The lowest BCUT2D eigenvalue weighted by atomic mass is 10.2. The minimum absolute atomic E-state index is 0.0626. The second-order valence-electron chi connectivity index (χ2n) is 4.34. The number of pyridine rings is 1. The lowest BCUT2D eigenvalue weighted by Crippen LogP contribution is -1.97. The van der Waals surface area contributed by atoms with Gasteiger partial charge in [0.1, 0.15) is 5.75 Å². The second kappa shape index (κ2) is 6.36. The summed E-state index contributed by atoms with van der Waals surface area (Å²) in [5.74, 6) is 1.58. The second-order valence-corrected chi connectivity index (χ2v) is 4.34. The van der Waals surface area contributed by atoms with Crippen molar-refractivity contribution in [3.63, 3.8) is 0 Å². The van der Waals surface area contributed by atoms with Crippen LogP contribution in [0.1, 0.15) is 16.8 Å². The molecule has 20 heavy (non-hydrogen) atoms. The predicted octanol–water partition coefficient (Wildman–Crippen LogP) is 2.18. The standard InChI is InChI=1S/C15H17NO4/c1-10-5-14(12(9-18)7-16-10)20-13-4-3-11(8-17)6-15(13)19-2/h3-7,17-18H,8-9H2,1-2H3. The number of nitrogens with zero attached hydrogens (tertiary/aromatic N) is 1. The van der Waals surface area contributed by atoms with E-state index in [-0.39, 0.29) is 13.2 Å². The number of aliphatic hydroxyl groups excluding tert-OH is 2. The quantitative estimate of drug-likeness (QED) is 0.875. The molecule has 5 nitrogen and oxygen atoms in total. The van der Waals surface area contributed by atoms with Crippen LogP contribution in [-0.4, -0.2) is 22.3 Å². The SMILES string of the molecule is COc1cc(CO)ccc1Oc1cc(C)ncc1CO. The molecule has 0 unspecified atom stereocenters. The molecule has 2 rings (SSSR count). The molecule has 0 aliphatic carbocycles. The third kappa shape index (κ3) is 3.07. The predicted molar refractivity (Wildman–Crippen MR) is 73.9 cm³/mol. The molecule has 0 aliphatic heterocycles. The fourth-order valence-electron chi connectivity index (χ4n) is 1.79. The summed E-state index contributed by atoms with van der Waals surface area (Å²) in [6.45, 7) is 1.63. The zero-order valence-electron chi connectivity index (χ0n) is 11.5. The Balaban J connectivity index is 2.36. The summed E-state index contributed by atoms with van der Waals surface area (Å²) in [6, 6.07) is 6.94. The van der Waals surface area contributed by atoms with Crippen LogP contribution in [0.25, 0.3) is 0 Å². The molecule has 0 saturated heterocycles. The number of hydrogen-bond donors (Lipinski definition) is 2. The summed E-state index contributed by atoms with van der Waals surface area (Å²) in [6.07, 6.45) is 1.58. The van der Waals surface area contributed by atoms with Crippen LogP contribution in [0.3, 0.4) is 0 Å². The monoisotopic (exact) mass is 275 g/mol. The molecular weight excluding hydrogens is 258 g/mol. The van der Waals surface area contributed by atoms with Crippen LogP contribution in [-0.2, 0) is 13.2 Å². The van der Waals surface area contributed by atoms with Gasteiger partial charge in [-0.2, -0.15) is 0 Å². The van der Waals surface area contributed by atoms with Crippen molar-refractivity contribution in [1.29, 1.82) is 0 Å². The molecule has 2 aromatic rings. The first-order valence-electron chi connectivity index (χ1n) is 6.20. The number of methoxy groups -OCH3 is 1. The van der Waals surface area contributed by atoms with Crippen LogP contribution in [0.15, 0.2) is 30.5 Å². The van der Waals surface area contributed by atoms with E-state index < -0.39 is 0 Å². The minimum Gasteiger partial charge on any atom is -0.493 e. The number of aryl methyl sites for hydroxylation is 1. The summed E-state index contributed by atoms with van der Waals surface area (Å²) < 4.78 is 11.0. The highest BCUT2D eigenvalue weighted by Gasteiger charge is 2.10. The van der Waals surface area contributed by atoms with E-state index >= 15 is 0 Å². The molecule has 0 atom stereocenters. The average Bonchev–Trinajstić information content (AvgIpc) is 2.48. The van der Waals surface area contributed by atoms with E-state index in [0.717, 1.165) is 11.3 Å². The van der Waals surface area contributed by atoms with E-state index in [1.165, 1.54) is 7.11 Å². The highest BCUT2D eigenvalue weighted by molar-refractivity contribution is 5.46. The Morgan fingerprint density at radius 1 is 1.05 bits per heavy atom. The van der Waals surface area contributed by atoms with Crippen LogP contribution < -0.4 is 9.47 Å². The number of aliphatic hydroxyl groups is 2. The maximum Gasteiger partial charge on any atom is 0.169 e. The molecule has 0 aliphatic rings.